The van der Waals surface area contributed by atoms with Crippen LogP contribution in [-0.4, -0.2) is 43.8 Å². The van der Waals surface area contributed by atoms with E-state index in [2.05, 4.69) is 52.7 Å². The quantitative estimate of drug-likeness (QED) is 0.460. The Morgan fingerprint density at radius 3 is 1.89 bits per heavy atom. The molecule has 19 heavy (non-hydrogen) atoms. The molecule has 0 amide bonds. The summed E-state index contributed by atoms with van der Waals surface area (Å²) in [6.45, 7) is 17.5. The number of hydrogen-bond donors (Lipinski definition) is 0. The molecule has 0 fully saturated rings. The van der Waals surface area contributed by atoms with E-state index in [0.717, 1.165) is 13.2 Å². The van der Waals surface area contributed by atoms with Crippen molar-refractivity contribution in [1.82, 2.24) is 4.90 Å². The molecule has 0 N–H and O–H groups in total. The summed E-state index contributed by atoms with van der Waals surface area (Å²) in [5.41, 5.74) is 0. The third-order valence-electron chi connectivity index (χ3n) is 2.51. The average Bonchev–Trinajstić information content (AvgIpc) is 2.21. The highest BCUT2D eigenvalue weighted by Gasteiger charge is 2.16. The Balaban J connectivity index is 0. The van der Waals surface area contributed by atoms with Crippen molar-refractivity contribution in [1.29, 1.82) is 0 Å². The summed E-state index contributed by atoms with van der Waals surface area (Å²) in [6.07, 6.45) is 4.09. The van der Waals surface area contributed by atoms with E-state index in [9.17, 15) is 0 Å². The molecule has 0 aromatic heterocycles. The van der Waals surface area contributed by atoms with Crippen molar-refractivity contribution < 1.29 is 9.05 Å². The summed E-state index contributed by atoms with van der Waals surface area (Å²) < 4.78 is 11.7. The Labute approximate surface area is 121 Å². The monoisotopic (exact) mass is 293 g/mol. The minimum absolute atomic E-state index is 0. The molecule has 0 heterocycles. The third kappa shape index (κ3) is 11.7. The number of nitrogens with zero attached hydrogens (tertiary/aromatic N) is 1. The molecule has 118 valence electrons. The molecule has 3 nitrogen and oxygen atoms in total. The molecule has 0 aromatic carbocycles. The van der Waals surface area contributed by atoms with Crippen molar-refractivity contribution in [3.8, 4) is 0 Å². The van der Waals surface area contributed by atoms with Crippen molar-refractivity contribution in [2.45, 2.75) is 55.0 Å². The van der Waals surface area contributed by atoms with Gasteiger partial charge in [0, 0.05) is 19.3 Å². The lowest BCUT2D eigenvalue weighted by molar-refractivity contribution is 0.0797. The maximum Gasteiger partial charge on any atom is 0.116 e. The molecule has 0 aliphatic heterocycles. The number of hydrogen-bond acceptors (Lipinski definition) is 3. The van der Waals surface area contributed by atoms with E-state index in [-0.39, 0.29) is 7.43 Å². The van der Waals surface area contributed by atoms with Crippen LogP contribution in [0.3, 0.4) is 0 Å². The molecule has 0 aromatic rings. The lowest BCUT2D eigenvalue weighted by Gasteiger charge is -2.31. The number of rotatable bonds is 9. The third-order valence-corrected chi connectivity index (χ3v) is 3.86. The second-order valence-corrected chi connectivity index (χ2v) is 8.77. The van der Waals surface area contributed by atoms with Crippen LogP contribution in [0.25, 0.3) is 0 Å². The Hall–Kier alpha value is 0.180. The summed E-state index contributed by atoms with van der Waals surface area (Å²) in [4.78, 5) is 2.33. The van der Waals surface area contributed by atoms with Gasteiger partial charge < -0.3 is 9.05 Å². The van der Waals surface area contributed by atoms with Crippen molar-refractivity contribution in [3.63, 3.8) is 0 Å². The van der Waals surface area contributed by atoms with Gasteiger partial charge in [-0.15, -0.1) is 0 Å². The summed E-state index contributed by atoms with van der Waals surface area (Å²) in [7, 11) is -1.93. The lowest BCUT2D eigenvalue weighted by Crippen LogP contribution is -2.35. The predicted molar refractivity (Wildman–Crippen MR) is 90.1 cm³/mol. The summed E-state index contributed by atoms with van der Waals surface area (Å²) in [5.74, 6) is 1.16. The fourth-order valence-corrected chi connectivity index (χ4v) is 2.50. The van der Waals surface area contributed by atoms with Crippen LogP contribution in [0, 0.1) is 11.8 Å². The van der Waals surface area contributed by atoms with Crippen LogP contribution < -0.4 is 0 Å². The van der Waals surface area contributed by atoms with Gasteiger partial charge in [-0.3, -0.25) is 4.90 Å². The largest absolute Gasteiger partial charge is 0.337 e. The van der Waals surface area contributed by atoms with E-state index in [0.29, 0.717) is 24.6 Å². The highest BCUT2D eigenvalue weighted by Crippen LogP contribution is 2.43. The average molecular weight is 293 g/mol. The van der Waals surface area contributed by atoms with E-state index in [4.69, 9.17) is 9.05 Å². The van der Waals surface area contributed by atoms with Gasteiger partial charge in [0.25, 0.3) is 0 Å². The minimum atomic E-state index is -1.93. The Morgan fingerprint density at radius 2 is 1.53 bits per heavy atom. The van der Waals surface area contributed by atoms with Crippen LogP contribution in [0.15, 0.2) is 0 Å². The van der Waals surface area contributed by atoms with E-state index in [1.165, 1.54) is 0 Å². The topological polar surface area (TPSA) is 21.7 Å². The van der Waals surface area contributed by atoms with Crippen LogP contribution in [0.2, 0.25) is 0 Å². The highest BCUT2D eigenvalue weighted by atomic mass is 31.2. The zero-order valence-corrected chi connectivity index (χ0v) is 14.2. The summed E-state index contributed by atoms with van der Waals surface area (Å²) in [5, 5.41) is 0. The summed E-state index contributed by atoms with van der Waals surface area (Å²) in [6, 6.07) is 0.484. The van der Waals surface area contributed by atoms with Gasteiger partial charge >= 0.3 is 0 Å². The molecular formula is C15H36NO2P. The van der Waals surface area contributed by atoms with Crippen molar-refractivity contribution in [2.24, 2.45) is 11.8 Å². The Bertz CT molecular complexity index is 265. The van der Waals surface area contributed by atoms with E-state index in [1.54, 1.807) is 0 Å². The zero-order valence-electron chi connectivity index (χ0n) is 13.3. The molecular weight excluding hydrogens is 257 g/mol. The van der Waals surface area contributed by atoms with E-state index < -0.39 is 7.34 Å². The van der Waals surface area contributed by atoms with Gasteiger partial charge in [-0.05, 0) is 25.7 Å². The molecule has 1 unspecified atom stereocenters. The smallest absolute Gasteiger partial charge is 0.116 e. The molecule has 1 atom stereocenters. The van der Waals surface area contributed by atoms with E-state index >= 15 is 0 Å². The van der Waals surface area contributed by atoms with Gasteiger partial charge in [0.2, 0.25) is 0 Å². The molecule has 0 aliphatic carbocycles. The van der Waals surface area contributed by atoms with Gasteiger partial charge in [-0.1, -0.05) is 41.4 Å². The standard InChI is InChI=1S/C14H32NO2P.CH4/c1-12(2)9-15(14(5)6)11-17-18(7,8)16-10-13(3)4;/h12-14H,7,9-11H2,1-6,8H3;1H4. The van der Waals surface area contributed by atoms with Crippen molar-refractivity contribution >= 4 is 13.6 Å². The van der Waals surface area contributed by atoms with Crippen molar-refractivity contribution in [3.05, 3.63) is 0 Å². The molecule has 0 saturated heterocycles. The fraction of sp³-hybridized carbons (Fsp3) is 0.933. The fourth-order valence-electron chi connectivity index (χ4n) is 1.42. The Kier molecular flexibility index (Phi) is 11.3. The maximum atomic E-state index is 5.91. The zero-order chi connectivity index (χ0) is 14.3. The molecule has 0 saturated carbocycles. The highest BCUT2D eigenvalue weighted by molar-refractivity contribution is 7.63. The van der Waals surface area contributed by atoms with Crippen molar-refractivity contribution in [2.75, 3.05) is 26.5 Å². The van der Waals surface area contributed by atoms with Gasteiger partial charge in [-0.2, -0.15) is 0 Å². The molecule has 0 bridgehead atoms. The van der Waals surface area contributed by atoms with Gasteiger partial charge in [0.05, 0.1) is 6.61 Å². The second-order valence-electron chi connectivity index (χ2n) is 6.22. The first-order valence-corrected chi connectivity index (χ1v) is 9.13. The first-order valence-electron chi connectivity index (χ1n) is 6.88. The van der Waals surface area contributed by atoms with Crippen LogP contribution in [0.5, 0.6) is 0 Å². The summed E-state index contributed by atoms with van der Waals surface area (Å²) >= 11 is 0. The predicted octanol–water partition coefficient (Wildman–Crippen LogP) is 4.55. The molecule has 0 rings (SSSR count). The normalized spacial score (nSPS) is 15.1. The Morgan fingerprint density at radius 1 is 1.00 bits per heavy atom. The second kappa shape index (κ2) is 9.99. The van der Waals surface area contributed by atoms with Gasteiger partial charge in [0.1, 0.15) is 14.1 Å². The van der Waals surface area contributed by atoms with Crippen LogP contribution >= 0.6 is 7.34 Å². The molecule has 0 radical (unpaired) electrons. The maximum absolute atomic E-state index is 5.91. The van der Waals surface area contributed by atoms with Gasteiger partial charge in [-0.25, -0.2) is 0 Å². The van der Waals surface area contributed by atoms with Crippen LogP contribution in [0.4, 0.5) is 0 Å². The van der Waals surface area contributed by atoms with Crippen LogP contribution in [0.1, 0.15) is 49.0 Å². The molecule has 0 spiro atoms. The molecule has 0 aliphatic rings. The first kappa shape index (κ1) is 21.5. The minimum Gasteiger partial charge on any atom is -0.337 e. The SMILES string of the molecule is C.C=P(C)(OCC(C)C)OCN(CC(C)C)C(C)C. The van der Waals surface area contributed by atoms with Gasteiger partial charge in [0.15, 0.2) is 0 Å². The van der Waals surface area contributed by atoms with Crippen LogP contribution in [-0.2, 0) is 9.05 Å². The first-order chi connectivity index (χ1) is 8.14. The van der Waals surface area contributed by atoms with E-state index in [1.807, 2.05) is 6.66 Å². The lowest BCUT2D eigenvalue weighted by atomic mass is 10.2. The molecule has 4 heteroatoms.